The van der Waals surface area contributed by atoms with Crippen LogP contribution in [0.25, 0.3) is 0 Å². The number of hydrogen-bond donors (Lipinski definition) is 1. The first-order chi connectivity index (χ1) is 13.0. The van der Waals surface area contributed by atoms with Gasteiger partial charge in [0.1, 0.15) is 5.75 Å². The van der Waals surface area contributed by atoms with Crippen molar-refractivity contribution in [2.24, 2.45) is 0 Å². The van der Waals surface area contributed by atoms with Crippen LogP contribution in [0.15, 0.2) is 36.7 Å². The number of ether oxygens (including phenoxy) is 1. The normalized spacial score (nSPS) is 19.4. The lowest BCUT2D eigenvalue weighted by atomic mass is 9.93. The van der Waals surface area contributed by atoms with Gasteiger partial charge in [-0.3, -0.25) is 4.79 Å². The number of likely N-dealkylation sites (N-methyl/N-ethyl adjacent to an activating group) is 1. The number of amides is 1. The topological polar surface area (TPSA) is 70.6 Å². The first kappa shape index (κ1) is 19.1. The standard InChI is InChI=1S/C20H27N5O2/c1-5-21-20-22-10-15(11-23-20)19(26)25-12-17(18(13-25)24(2)3)14-6-8-16(27-4)9-7-14/h6-11,17-18H,5,12-13H2,1-4H3,(H,21,22,23)/t17-,18+/m0/s1. The molecule has 0 saturated carbocycles. The minimum absolute atomic E-state index is 0.0269. The predicted octanol–water partition coefficient (Wildman–Crippen LogP) is 2.09. The lowest BCUT2D eigenvalue weighted by molar-refractivity contribution is 0.0781. The summed E-state index contributed by atoms with van der Waals surface area (Å²) in [4.78, 5) is 25.5. The highest BCUT2D eigenvalue weighted by atomic mass is 16.5. The Hall–Kier alpha value is -2.67. The Labute approximate surface area is 160 Å². The Morgan fingerprint density at radius 2 is 1.89 bits per heavy atom. The van der Waals surface area contributed by atoms with Crippen LogP contribution in [0.2, 0.25) is 0 Å². The number of nitrogens with one attached hydrogen (secondary N) is 1. The fraction of sp³-hybridized carbons (Fsp3) is 0.450. The number of hydrogen-bond acceptors (Lipinski definition) is 6. The van der Waals surface area contributed by atoms with E-state index in [-0.39, 0.29) is 17.9 Å². The molecule has 1 aliphatic rings. The highest BCUT2D eigenvalue weighted by molar-refractivity contribution is 5.94. The predicted molar refractivity (Wildman–Crippen MR) is 105 cm³/mol. The molecule has 0 aliphatic carbocycles. The third-order valence-corrected chi connectivity index (χ3v) is 5.02. The molecular formula is C20H27N5O2. The van der Waals surface area contributed by atoms with Gasteiger partial charge in [0.05, 0.1) is 12.7 Å². The van der Waals surface area contributed by atoms with Crippen molar-refractivity contribution in [3.63, 3.8) is 0 Å². The van der Waals surface area contributed by atoms with Gasteiger partial charge >= 0.3 is 0 Å². The molecule has 3 rings (SSSR count). The second-order valence-electron chi connectivity index (χ2n) is 6.95. The summed E-state index contributed by atoms with van der Waals surface area (Å²) in [5.74, 6) is 1.60. The summed E-state index contributed by atoms with van der Waals surface area (Å²) in [6.45, 7) is 4.07. The zero-order chi connectivity index (χ0) is 19.4. The van der Waals surface area contributed by atoms with E-state index in [1.165, 1.54) is 5.56 Å². The fourth-order valence-electron chi connectivity index (χ4n) is 3.52. The first-order valence-corrected chi connectivity index (χ1v) is 9.19. The van der Waals surface area contributed by atoms with Gasteiger partial charge in [0.2, 0.25) is 5.95 Å². The van der Waals surface area contributed by atoms with E-state index in [1.807, 2.05) is 24.0 Å². The molecule has 0 unspecified atom stereocenters. The summed E-state index contributed by atoms with van der Waals surface area (Å²) in [5.41, 5.74) is 1.73. The van der Waals surface area contributed by atoms with E-state index in [0.717, 1.165) is 12.3 Å². The van der Waals surface area contributed by atoms with Gasteiger partial charge in [0.25, 0.3) is 5.91 Å². The number of carbonyl (C=O) groups is 1. The SMILES string of the molecule is CCNc1ncc(C(=O)N2C[C@@H](N(C)C)[C@H](c3ccc(OC)cc3)C2)cn1. The minimum Gasteiger partial charge on any atom is -0.497 e. The molecule has 2 aromatic rings. The molecule has 0 bridgehead atoms. The molecule has 7 heteroatoms. The number of nitrogens with zero attached hydrogens (tertiary/aromatic N) is 4. The third kappa shape index (κ3) is 4.19. The van der Waals surface area contributed by atoms with Crippen LogP contribution in [0.1, 0.15) is 28.8 Å². The number of aromatic nitrogens is 2. The molecule has 27 heavy (non-hydrogen) atoms. The van der Waals surface area contributed by atoms with E-state index in [9.17, 15) is 4.79 Å². The first-order valence-electron chi connectivity index (χ1n) is 9.19. The van der Waals surface area contributed by atoms with E-state index >= 15 is 0 Å². The maximum absolute atomic E-state index is 12.9. The Morgan fingerprint density at radius 1 is 1.22 bits per heavy atom. The largest absolute Gasteiger partial charge is 0.497 e. The van der Waals surface area contributed by atoms with Gasteiger partial charge in [0.15, 0.2) is 0 Å². The molecule has 2 heterocycles. The van der Waals surface area contributed by atoms with Crippen LogP contribution in [-0.2, 0) is 0 Å². The van der Waals surface area contributed by atoms with Crippen LogP contribution in [0, 0.1) is 0 Å². The van der Waals surface area contributed by atoms with Crippen molar-refractivity contribution in [2.45, 2.75) is 18.9 Å². The quantitative estimate of drug-likeness (QED) is 0.841. The van der Waals surface area contributed by atoms with E-state index in [4.69, 9.17) is 4.74 Å². The molecule has 1 fully saturated rings. The summed E-state index contributed by atoms with van der Waals surface area (Å²) in [5, 5.41) is 3.04. The monoisotopic (exact) mass is 369 g/mol. The Morgan fingerprint density at radius 3 is 2.44 bits per heavy atom. The van der Waals surface area contributed by atoms with Crippen molar-refractivity contribution in [3.8, 4) is 5.75 Å². The average molecular weight is 369 g/mol. The molecular weight excluding hydrogens is 342 g/mol. The molecule has 7 nitrogen and oxygen atoms in total. The van der Waals surface area contributed by atoms with Crippen LogP contribution in [-0.4, -0.2) is 72.6 Å². The van der Waals surface area contributed by atoms with E-state index < -0.39 is 0 Å². The summed E-state index contributed by atoms with van der Waals surface area (Å²) in [7, 11) is 5.78. The van der Waals surface area contributed by atoms with Crippen molar-refractivity contribution in [1.29, 1.82) is 0 Å². The Bertz CT molecular complexity index is 761. The van der Waals surface area contributed by atoms with Crippen molar-refractivity contribution >= 4 is 11.9 Å². The van der Waals surface area contributed by atoms with Gasteiger partial charge in [-0.1, -0.05) is 12.1 Å². The Kier molecular flexibility index (Phi) is 5.91. The van der Waals surface area contributed by atoms with Gasteiger partial charge in [-0.15, -0.1) is 0 Å². The summed E-state index contributed by atoms with van der Waals surface area (Å²) >= 11 is 0. The number of benzene rings is 1. The number of anilines is 1. The van der Waals surface area contributed by atoms with Gasteiger partial charge < -0.3 is 19.9 Å². The summed E-state index contributed by atoms with van der Waals surface area (Å²) in [6.07, 6.45) is 3.19. The number of likely N-dealkylation sites (tertiary alicyclic amines) is 1. The molecule has 1 N–H and O–H groups in total. The van der Waals surface area contributed by atoms with Crippen molar-refractivity contribution in [3.05, 3.63) is 47.8 Å². The van der Waals surface area contributed by atoms with E-state index in [2.05, 4.69) is 46.4 Å². The van der Waals surface area contributed by atoms with E-state index in [0.29, 0.717) is 24.6 Å². The number of methoxy groups -OCH3 is 1. The average Bonchev–Trinajstić information content (AvgIpc) is 3.14. The molecule has 1 aromatic heterocycles. The second kappa shape index (κ2) is 8.35. The lowest BCUT2D eigenvalue weighted by Crippen LogP contribution is -2.35. The summed E-state index contributed by atoms with van der Waals surface area (Å²) in [6, 6.07) is 8.37. The minimum atomic E-state index is -0.0269. The third-order valence-electron chi connectivity index (χ3n) is 5.02. The number of carbonyl (C=O) groups excluding carboxylic acids is 1. The highest BCUT2D eigenvalue weighted by Gasteiger charge is 2.37. The molecule has 1 aromatic carbocycles. The lowest BCUT2D eigenvalue weighted by Gasteiger charge is -2.25. The van der Waals surface area contributed by atoms with Crippen molar-refractivity contribution < 1.29 is 9.53 Å². The molecule has 144 valence electrons. The van der Waals surface area contributed by atoms with Crippen molar-refractivity contribution in [1.82, 2.24) is 19.8 Å². The van der Waals surface area contributed by atoms with Gasteiger partial charge in [-0.2, -0.15) is 0 Å². The fourth-order valence-corrected chi connectivity index (χ4v) is 3.52. The van der Waals surface area contributed by atoms with Crippen LogP contribution < -0.4 is 10.1 Å². The maximum Gasteiger partial charge on any atom is 0.257 e. The Balaban J connectivity index is 1.77. The van der Waals surface area contributed by atoms with Crippen LogP contribution >= 0.6 is 0 Å². The van der Waals surface area contributed by atoms with Crippen LogP contribution in [0.5, 0.6) is 5.75 Å². The maximum atomic E-state index is 12.9. The summed E-state index contributed by atoms with van der Waals surface area (Å²) < 4.78 is 5.26. The highest BCUT2D eigenvalue weighted by Crippen LogP contribution is 2.32. The van der Waals surface area contributed by atoms with Crippen LogP contribution in [0.3, 0.4) is 0 Å². The zero-order valence-electron chi connectivity index (χ0n) is 16.3. The van der Waals surface area contributed by atoms with Gasteiger partial charge in [-0.25, -0.2) is 9.97 Å². The van der Waals surface area contributed by atoms with E-state index in [1.54, 1.807) is 19.5 Å². The second-order valence-corrected chi connectivity index (χ2v) is 6.95. The van der Waals surface area contributed by atoms with Gasteiger partial charge in [0, 0.05) is 44.0 Å². The van der Waals surface area contributed by atoms with Crippen LogP contribution in [0.4, 0.5) is 5.95 Å². The molecule has 0 radical (unpaired) electrons. The molecule has 1 aliphatic heterocycles. The van der Waals surface area contributed by atoms with Crippen molar-refractivity contribution in [2.75, 3.05) is 46.2 Å². The molecule has 0 spiro atoms. The zero-order valence-corrected chi connectivity index (χ0v) is 16.3. The molecule has 1 amide bonds. The smallest absolute Gasteiger partial charge is 0.257 e. The molecule has 2 atom stereocenters. The van der Waals surface area contributed by atoms with Gasteiger partial charge in [-0.05, 0) is 38.7 Å². The molecule has 1 saturated heterocycles. The number of rotatable bonds is 6.